The molecule has 4 heteroatoms. The van der Waals surface area contributed by atoms with Crippen molar-refractivity contribution in [1.29, 1.82) is 0 Å². The smallest absolute Gasteiger partial charge is 0.312 e. The second-order valence-electron chi connectivity index (χ2n) is 3.15. The van der Waals surface area contributed by atoms with Crippen LogP contribution < -0.4 is 20.1 Å². The molecule has 0 spiro atoms. The maximum atomic E-state index is 3.53. The van der Waals surface area contributed by atoms with Crippen molar-refractivity contribution >= 4 is 13.7 Å². The van der Waals surface area contributed by atoms with E-state index in [-0.39, 0.29) is 0 Å². The predicted molar refractivity (Wildman–Crippen MR) is 63.6 cm³/mol. The summed E-state index contributed by atoms with van der Waals surface area (Å²) in [7, 11) is 2.13. The summed E-state index contributed by atoms with van der Waals surface area (Å²) in [5.41, 5.74) is 0. The summed E-state index contributed by atoms with van der Waals surface area (Å²) in [4.78, 5) is 10.3. The summed E-state index contributed by atoms with van der Waals surface area (Å²) < 4.78 is 0. The predicted octanol–water partition coefficient (Wildman–Crippen LogP) is -0.119. The number of hydrogen-bond acceptors (Lipinski definition) is 3. The lowest BCUT2D eigenvalue weighted by Gasteiger charge is -2.30. The van der Waals surface area contributed by atoms with E-state index < -0.39 is 8.56 Å². The van der Waals surface area contributed by atoms with E-state index in [0.29, 0.717) is 0 Å². The third kappa shape index (κ3) is 2.22. The zero-order valence-corrected chi connectivity index (χ0v) is 10.1. The van der Waals surface area contributed by atoms with Gasteiger partial charge in [-0.2, -0.15) is 0 Å². The van der Waals surface area contributed by atoms with Crippen LogP contribution in [0, 0.1) is 0 Å². The van der Waals surface area contributed by atoms with Crippen LogP contribution in [0.4, 0.5) is 0 Å². The SMILES string of the molecule is CCN[Si](NC)(NC)c1ccccc1. The van der Waals surface area contributed by atoms with Crippen LogP contribution in [0.3, 0.4) is 0 Å². The van der Waals surface area contributed by atoms with Gasteiger partial charge in [0.2, 0.25) is 0 Å². The van der Waals surface area contributed by atoms with E-state index in [1.807, 2.05) is 20.2 Å². The highest BCUT2D eigenvalue weighted by Crippen LogP contribution is 1.91. The van der Waals surface area contributed by atoms with E-state index in [1.165, 1.54) is 5.19 Å². The summed E-state index contributed by atoms with van der Waals surface area (Å²) in [5, 5.41) is 1.33. The first kappa shape index (κ1) is 11.4. The molecule has 0 saturated carbocycles. The van der Waals surface area contributed by atoms with Crippen molar-refractivity contribution in [2.45, 2.75) is 6.92 Å². The summed E-state index contributed by atoms with van der Waals surface area (Å²) >= 11 is 0. The van der Waals surface area contributed by atoms with Gasteiger partial charge < -0.3 is 14.9 Å². The molecule has 0 heterocycles. The molecule has 0 aromatic heterocycles. The monoisotopic (exact) mass is 209 g/mol. The lowest BCUT2D eigenvalue weighted by atomic mass is 10.4. The fraction of sp³-hybridized carbons (Fsp3) is 0.400. The average molecular weight is 209 g/mol. The van der Waals surface area contributed by atoms with Gasteiger partial charge in [0.05, 0.1) is 0 Å². The Kier molecular flexibility index (Phi) is 4.28. The Balaban J connectivity index is 2.98. The van der Waals surface area contributed by atoms with E-state index in [4.69, 9.17) is 0 Å². The van der Waals surface area contributed by atoms with Crippen LogP contribution in [0.25, 0.3) is 0 Å². The van der Waals surface area contributed by atoms with Gasteiger partial charge in [-0.25, -0.2) is 0 Å². The molecule has 3 N–H and O–H groups in total. The molecule has 1 rings (SSSR count). The topological polar surface area (TPSA) is 36.1 Å². The maximum Gasteiger partial charge on any atom is 0.314 e. The van der Waals surface area contributed by atoms with Gasteiger partial charge in [0.25, 0.3) is 0 Å². The van der Waals surface area contributed by atoms with Crippen molar-refractivity contribution in [3.63, 3.8) is 0 Å². The molecule has 1 aromatic rings. The highest BCUT2D eigenvalue weighted by Gasteiger charge is 2.31. The summed E-state index contributed by atoms with van der Waals surface area (Å²) in [5.74, 6) is 0. The third-order valence-electron chi connectivity index (χ3n) is 2.40. The first-order valence-corrected chi connectivity index (χ1v) is 6.97. The zero-order valence-electron chi connectivity index (χ0n) is 9.09. The van der Waals surface area contributed by atoms with E-state index in [2.05, 4.69) is 46.1 Å². The average Bonchev–Trinajstić information content (AvgIpc) is 2.27. The van der Waals surface area contributed by atoms with Gasteiger partial charge in [0.15, 0.2) is 0 Å². The van der Waals surface area contributed by atoms with Crippen molar-refractivity contribution < 1.29 is 0 Å². The molecule has 0 aliphatic carbocycles. The van der Waals surface area contributed by atoms with E-state index in [0.717, 1.165) is 6.54 Å². The second-order valence-corrected chi connectivity index (χ2v) is 6.58. The molecule has 0 aliphatic rings. The molecule has 0 bridgehead atoms. The largest absolute Gasteiger partial charge is 0.314 e. The molecule has 0 radical (unpaired) electrons. The molecule has 0 unspecified atom stereocenters. The molecular weight excluding hydrogens is 190 g/mol. The van der Waals surface area contributed by atoms with Gasteiger partial charge in [0.1, 0.15) is 0 Å². The van der Waals surface area contributed by atoms with Crippen LogP contribution in [-0.4, -0.2) is 29.2 Å². The van der Waals surface area contributed by atoms with Gasteiger partial charge in [-0.15, -0.1) is 0 Å². The Morgan fingerprint density at radius 3 is 2.07 bits per heavy atom. The van der Waals surface area contributed by atoms with Crippen molar-refractivity contribution in [3.8, 4) is 0 Å². The van der Waals surface area contributed by atoms with E-state index >= 15 is 0 Å². The van der Waals surface area contributed by atoms with Crippen molar-refractivity contribution in [2.24, 2.45) is 0 Å². The molecule has 0 amide bonds. The van der Waals surface area contributed by atoms with Crippen LogP contribution in [0.15, 0.2) is 30.3 Å². The molecule has 0 fully saturated rings. The molecule has 1 aromatic carbocycles. The summed E-state index contributed by atoms with van der Waals surface area (Å²) in [6.07, 6.45) is 0. The van der Waals surface area contributed by atoms with Gasteiger partial charge in [-0.05, 0) is 25.8 Å². The minimum absolute atomic E-state index is 0.961. The fourth-order valence-electron chi connectivity index (χ4n) is 1.65. The van der Waals surface area contributed by atoms with Gasteiger partial charge in [-0.3, -0.25) is 0 Å². The van der Waals surface area contributed by atoms with E-state index in [9.17, 15) is 0 Å². The van der Waals surface area contributed by atoms with Crippen LogP contribution in [0.5, 0.6) is 0 Å². The van der Waals surface area contributed by atoms with E-state index in [1.54, 1.807) is 0 Å². The van der Waals surface area contributed by atoms with Crippen LogP contribution in [-0.2, 0) is 0 Å². The van der Waals surface area contributed by atoms with Gasteiger partial charge >= 0.3 is 8.56 Å². The zero-order chi connectivity index (χ0) is 10.4. The molecule has 3 nitrogen and oxygen atoms in total. The molecule has 14 heavy (non-hydrogen) atoms. The Hall–Kier alpha value is -0.683. The van der Waals surface area contributed by atoms with Crippen LogP contribution in [0.1, 0.15) is 6.92 Å². The molecule has 0 aliphatic heterocycles. The highest BCUT2D eigenvalue weighted by molar-refractivity contribution is 6.85. The third-order valence-corrected chi connectivity index (χ3v) is 5.98. The van der Waals surface area contributed by atoms with Crippen LogP contribution >= 0.6 is 0 Å². The Morgan fingerprint density at radius 2 is 1.64 bits per heavy atom. The lowest BCUT2D eigenvalue weighted by molar-refractivity contribution is 0.868. The first-order chi connectivity index (χ1) is 6.79. The van der Waals surface area contributed by atoms with Gasteiger partial charge in [-0.1, -0.05) is 37.3 Å². The standard InChI is InChI=1S/C10H19N3Si/c1-4-13-14(11-2,12-3)10-8-6-5-7-9-10/h5-9,11-13H,4H2,1-3H3. The van der Waals surface area contributed by atoms with Gasteiger partial charge in [0, 0.05) is 0 Å². The fourth-order valence-corrected chi connectivity index (χ4v) is 4.25. The van der Waals surface area contributed by atoms with Crippen molar-refractivity contribution in [3.05, 3.63) is 30.3 Å². The molecule has 0 atom stereocenters. The number of benzene rings is 1. The molecule has 78 valence electrons. The maximum absolute atomic E-state index is 3.53. The minimum Gasteiger partial charge on any atom is -0.312 e. The van der Waals surface area contributed by atoms with Crippen molar-refractivity contribution in [2.75, 3.05) is 20.6 Å². The Labute approximate surface area is 87.2 Å². The quantitative estimate of drug-likeness (QED) is 0.592. The molecular formula is C10H19N3Si. The number of hydrogen-bond donors (Lipinski definition) is 3. The summed E-state index contributed by atoms with van der Waals surface area (Å²) in [6, 6.07) is 10.5. The Bertz CT molecular complexity index is 259. The number of rotatable bonds is 5. The van der Waals surface area contributed by atoms with Crippen LogP contribution in [0.2, 0.25) is 0 Å². The Morgan fingerprint density at radius 1 is 1.07 bits per heavy atom. The lowest BCUT2D eigenvalue weighted by Crippen LogP contribution is -2.77. The van der Waals surface area contributed by atoms with Crippen molar-refractivity contribution in [1.82, 2.24) is 14.9 Å². The summed E-state index contributed by atoms with van der Waals surface area (Å²) in [6.45, 7) is 3.09. The minimum atomic E-state index is -1.87. The molecule has 0 saturated heterocycles. The normalized spacial score (nSPS) is 11.6. The highest BCUT2D eigenvalue weighted by atomic mass is 28.4. The second kappa shape index (κ2) is 5.26. The number of nitrogens with one attached hydrogen (secondary N) is 3. The first-order valence-electron chi connectivity index (χ1n) is 4.97.